The second kappa shape index (κ2) is 9.69. The minimum atomic E-state index is -0.987. The van der Waals surface area contributed by atoms with Gasteiger partial charge in [0.05, 0.1) is 11.6 Å². The lowest BCUT2D eigenvalue weighted by molar-refractivity contribution is -0.169. The van der Waals surface area contributed by atoms with Gasteiger partial charge in [-0.2, -0.15) is 5.26 Å². The number of nitriles is 1. The minimum absolute atomic E-state index is 0.114. The number of nitrogens with zero attached hydrogens (tertiary/aromatic N) is 2. The van der Waals surface area contributed by atoms with Crippen LogP contribution in [-0.4, -0.2) is 31.1 Å². The molecule has 0 unspecified atom stereocenters. The van der Waals surface area contributed by atoms with Gasteiger partial charge in [0.25, 0.3) is 0 Å². The molecule has 2 aromatic carbocycles. The molecule has 0 spiro atoms. The van der Waals surface area contributed by atoms with E-state index in [1.807, 2.05) is 51.0 Å². The van der Waals surface area contributed by atoms with E-state index in [2.05, 4.69) is 51.1 Å². The highest BCUT2D eigenvalue weighted by molar-refractivity contribution is 5.83. The van der Waals surface area contributed by atoms with E-state index in [1.54, 1.807) is 6.07 Å². The van der Waals surface area contributed by atoms with Crippen molar-refractivity contribution in [2.75, 3.05) is 14.1 Å². The van der Waals surface area contributed by atoms with Gasteiger partial charge in [0.2, 0.25) is 0 Å². The number of hydrogen-bond acceptors (Lipinski definition) is 4. The van der Waals surface area contributed by atoms with Crippen molar-refractivity contribution in [2.24, 2.45) is 11.8 Å². The molecular weight excluding hydrogens is 408 g/mol. The van der Waals surface area contributed by atoms with Gasteiger partial charge in [0.1, 0.15) is 11.6 Å². The molecule has 0 heterocycles. The molecule has 1 fully saturated rings. The lowest BCUT2D eigenvalue weighted by atomic mass is 9.64. The first-order valence-corrected chi connectivity index (χ1v) is 12.0. The quantitative estimate of drug-likeness (QED) is 0.513. The number of hydrogen-bond donors (Lipinski definition) is 0. The Balaban J connectivity index is 1.97. The van der Waals surface area contributed by atoms with Crippen LogP contribution in [0.2, 0.25) is 0 Å². The molecule has 176 valence electrons. The largest absolute Gasteiger partial charge is 0.460 e. The predicted molar refractivity (Wildman–Crippen MR) is 133 cm³/mol. The highest BCUT2D eigenvalue weighted by Gasteiger charge is 2.46. The third-order valence-electron chi connectivity index (χ3n) is 7.94. The standard InChI is InChI=1S/C29H38N2O2/c1-20-13-16-24(28(3,4)23-11-9-8-10-12-23)26(17-20)33-27(32)29(5,31(6)7)25-18-22(19-30)15-14-21(25)2/h8-12,14-15,18,20,24,26H,13,16-17H2,1-7H3/t20-,24-,26+,29+/m1/s1. The van der Waals surface area contributed by atoms with E-state index in [-0.39, 0.29) is 23.4 Å². The molecule has 4 nitrogen and oxygen atoms in total. The van der Waals surface area contributed by atoms with Crippen molar-refractivity contribution in [2.45, 2.75) is 70.9 Å². The lowest BCUT2D eigenvalue weighted by Gasteiger charge is -2.45. The Labute approximate surface area is 199 Å². The summed E-state index contributed by atoms with van der Waals surface area (Å²) in [5.74, 6) is 0.497. The number of carbonyl (C=O) groups is 1. The van der Waals surface area contributed by atoms with E-state index in [0.29, 0.717) is 11.5 Å². The molecule has 0 aromatic heterocycles. The average Bonchev–Trinajstić information content (AvgIpc) is 2.79. The molecule has 33 heavy (non-hydrogen) atoms. The van der Waals surface area contributed by atoms with Gasteiger partial charge in [-0.3, -0.25) is 4.90 Å². The Bertz CT molecular complexity index is 1020. The molecule has 3 rings (SSSR count). The summed E-state index contributed by atoms with van der Waals surface area (Å²) in [6.45, 7) is 10.7. The first-order valence-electron chi connectivity index (χ1n) is 12.0. The van der Waals surface area contributed by atoms with Crippen molar-refractivity contribution in [3.8, 4) is 6.07 Å². The van der Waals surface area contributed by atoms with E-state index >= 15 is 0 Å². The number of carbonyl (C=O) groups excluding carboxylic acids is 1. The van der Waals surface area contributed by atoms with Crippen molar-refractivity contribution in [1.82, 2.24) is 4.90 Å². The van der Waals surface area contributed by atoms with Gasteiger partial charge in [-0.05, 0) is 80.9 Å². The van der Waals surface area contributed by atoms with Gasteiger partial charge >= 0.3 is 5.97 Å². The van der Waals surface area contributed by atoms with Crippen molar-refractivity contribution in [1.29, 1.82) is 5.26 Å². The van der Waals surface area contributed by atoms with Crippen LogP contribution < -0.4 is 0 Å². The SMILES string of the molecule is Cc1ccc(C#N)cc1[C@@](C)(C(=O)O[C@H]1C[C@H](C)CC[C@H]1C(C)(C)c1ccccc1)N(C)C. The summed E-state index contributed by atoms with van der Waals surface area (Å²) in [7, 11) is 3.79. The second-order valence-corrected chi connectivity index (χ2v) is 10.7. The van der Waals surface area contributed by atoms with Gasteiger partial charge < -0.3 is 4.74 Å². The Hall–Kier alpha value is -2.64. The van der Waals surface area contributed by atoms with E-state index in [9.17, 15) is 10.1 Å². The molecule has 2 aromatic rings. The number of ether oxygens (including phenoxy) is 1. The maximum Gasteiger partial charge on any atom is 0.331 e. The van der Waals surface area contributed by atoms with Gasteiger partial charge in [-0.25, -0.2) is 4.79 Å². The molecule has 0 bridgehead atoms. The van der Waals surface area contributed by atoms with Crippen LogP contribution in [-0.2, 0) is 20.5 Å². The molecule has 0 saturated heterocycles. The van der Waals surface area contributed by atoms with Crippen LogP contribution in [0.4, 0.5) is 0 Å². The minimum Gasteiger partial charge on any atom is -0.460 e. The third-order valence-corrected chi connectivity index (χ3v) is 7.94. The zero-order valence-corrected chi connectivity index (χ0v) is 21.2. The Morgan fingerprint density at radius 1 is 1.09 bits per heavy atom. The monoisotopic (exact) mass is 446 g/mol. The summed E-state index contributed by atoms with van der Waals surface area (Å²) < 4.78 is 6.43. The fourth-order valence-corrected chi connectivity index (χ4v) is 5.37. The zero-order valence-electron chi connectivity index (χ0n) is 21.2. The van der Waals surface area contributed by atoms with Crippen LogP contribution in [0.5, 0.6) is 0 Å². The Kier molecular flexibility index (Phi) is 7.34. The topological polar surface area (TPSA) is 53.3 Å². The van der Waals surface area contributed by atoms with Crippen molar-refractivity contribution >= 4 is 5.97 Å². The van der Waals surface area contributed by atoms with Gasteiger partial charge in [-0.15, -0.1) is 0 Å². The summed E-state index contributed by atoms with van der Waals surface area (Å²) in [6, 6.07) is 18.3. The van der Waals surface area contributed by atoms with E-state index < -0.39 is 5.54 Å². The van der Waals surface area contributed by atoms with Gasteiger partial charge in [-0.1, -0.05) is 63.6 Å². The molecule has 0 aliphatic heterocycles. The van der Waals surface area contributed by atoms with E-state index in [1.165, 1.54) is 5.56 Å². The second-order valence-electron chi connectivity index (χ2n) is 10.7. The number of benzene rings is 2. The fourth-order valence-electron chi connectivity index (χ4n) is 5.37. The van der Waals surface area contributed by atoms with Crippen molar-refractivity contribution in [3.05, 3.63) is 70.8 Å². The third kappa shape index (κ3) is 4.84. The smallest absolute Gasteiger partial charge is 0.331 e. The highest BCUT2D eigenvalue weighted by atomic mass is 16.5. The maximum atomic E-state index is 13.9. The molecule has 0 N–H and O–H groups in total. The first kappa shape index (κ1) is 25.0. The van der Waals surface area contributed by atoms with Crippen LogP contribution in [0.15, 0.2) is 48.5 Å². The van der Waals surface area contributed by atoms with Gasteiger partial charge in [0, 0.05) is 5.92 Å². The maximum absolute atomic E-state index is 13.9. The van der Waals surface area contributed by atoms with Crippen LogP contribution in [0.3, 0.4) is 0 Å². The summed E-state index contributed by atoms with van der Waals surface area (Å²) in [5, 5.41) is 9.44. The van der Waals surface area contributed by atoms with Crippen LogP contribution in [0.1, 0.15) is 69.2 Å². The number of aryl methyl sites for hydroxylation is 1. The van der Waals surface area contributed by atoms with E-state index in [4.69, 9.17) is 4.74 Å². The zero-order chi connectivity index (χ0) is 24.4. The van der Waals surface area contributed by atoms with Crippen molar-refractivity contribution in [3.63, 3.8) is 0 Å². The summed E-state index contributed by atoms with van der Waals surface area (Å²) in [4.78, 5) is 15.8. The Morgan fingerprint density at radius 2 is 1.76 bits per heavy atom. The van der Waals surface area contributed by atoms with Crippen LogP contribution >= 0.6 is 0 Å². The summed E-state index contributed by atoms with van der Waals surface area (Å²) in [6.07, 6.45) is 2.88. The summed E-state index contributed by atoms with van der Waals surface area (Å²) >= 11 is 0. The lowest BCUT2D eigenvalue weighted by Crippen LogP contribution is -2.51. The van der Waals surface area contributed by atoms with Crippen molar-refractivity contribution < 1.29 is 9.53 Å². The summed E-state index contributed by atoms with van der Waals surface area (Å²) in [5.41, 5.74) is 2.51. The van der Waals surface area contributed by atoms with E-state index in [0.717, 1.165) is 30.4 Å². The molecule has 4 atom stereocenters. The molecule has 1 aliphatic carbocycles. The average molecular weight is 447 g/mol. The highest BCUT2D eigenvalue weighted by Crippen LogP contribution is 2.44. The Morgan fingerprint density at radius 3 is 2.36 bits per heavy atom. The molecule has 0 amide bonds. The number of rotatable bonds is 6. The molecular formula is C29H38N2O2. The number of esters is 1. The first-order chi connectivity index (χ1) is 15.5. The molecule has 4 heteroatoms. The predicted octanol–water partition coefficient (Wildman–Crippen LogP) is 5.97. The number of likely N-dealkylation sites (N-methyl/N-ethyl adjacent to an activating group) is 1. The van der Waals surface area contributed by atoms with Crippen LogP contribution in [0, 0.1) is 30.1 Å². The van der Waals surface area contributed by atoms with Gasteiger partial charge in [0.15, 0.2) is 0 Å². The van der Waals surface area contributed by atoms with Crippen LogP contribution in [0.25, 0.3) is 0 Å². The molecule has 1 aliphatic rings. The normalized spacial score (nSPS) is 22.9. The fraction of sp³-hybridized carbons (Fsp3) is 0.517. The molecule has 0 radical (unpaired) electrons. The molecule has 1 saturated carbocycles.